The quantitative estimate of drug-likeness (QED) is 0.616. The van der Waals surface area contributed by atoms with Crippen LogP contribution in [0.15, 0.2) is 59.4 Å². The highest BCUT2D eigenvalue weighted by atomic mass is 16.2. The van der Waals surface area contributed by atoms with Crippen molar-refractivity contribution in [3.63, 3.8) is 0 Å². The summed E-state index contributed by atoms with van der Waals surface area (Å²) < 4.78 is 0. The van der Waals surface area contributed by atoms with Gasteiger partial charge in [-0.1, -0.05) is 54.6 Å². The maximum Gasteiger partial charge on any atom is 0.196 e. The van der Waals surface area contributed by atoms with Gasteiger partial charge in [0.2, 0.25) is 0 Å². The van der Waals surface area contributed by atoms with E-state index in [0.29, 0.717) is 17.2 Å². The highest BCUT2D eigenvalue weighted by Gasteiger charge is 2.16. The van der Waals surface area contributed by atoms with Gasteiger partial charge < -0.3 is 5.11 Å². The molecule has 0 bridgehead atoms. The Morgan fingerprint density at radius 2 is 1.59 bits per heavy atom. The summed E-state index contributed by atoms with van der Waals surface area (Å²) in [6.07, 6.45) is 0.609. The van der Waals surface area contributed by atoms with Gasteiger partial charge in [-0.05, 0) is 33.9 Å². The zero-order valence-corrected chi connectivity index (χ0v) is 14.4. The van der Waals surface area contributed by atoms with E-state index in [0.717, 1.165) is 27.5 Å². The van der Waals surface area contributed by atoms with E-state index in [1.807, 2.05) is 60.7 Å². The minimum Gasteiger partial charge on any atom is -0.396 e. The summed E-state index contributed by atoms with van der Waals surface area (Å²) >= 11 is 0. The third-order valence-corrected chi connectivity index (χ3v) is 4.92. The van der Waals surface area contributed by atoms with Gasteiger partial charge in [0.25, 0.3) is 0 Å². The van der Waals surface area contributed by atoms with Crippen molar-refractivity contribution in [1.82, 2.24) is 0 Å². The molecule has 0 aliphatic heterocycles. The highest BCUT2D eigenvalue weighted by Crippen LogP contribution is 2.33. The van der Waals surface area contributed by atoms with Crippen LogP contribution >= 0.6 is 0 Å². The maximum absolute atomic E-state index is 12.8. The zero-order chi connectivity index (χ0) is 19.0. The van der Waals surface area contributed by atoms with Crippen molar-refractivity contribution < 1.29 is 5.11 Å². The Morgan fingerprint density at radius 1 is 0.889 bits per heavy atom. The molecule has 4 aromatic carbocycles. The van der Waals surface area contributed by atoms with Crippen LogP contribution in [0.1, 0.15) is 5.56 Å². The average molecular weight is 350 g/mol. The SMILES string of the molecule is N#CC(C#N)=c1c(=O)c2cccc3c(-c4ccc(CCO)cc4)ccc1c32. The number of aliphatic hydroxyl groups is 1. The van der Waals surface area contributed by atoms with Gasteiger partial charge in [-0.15, -0.1) is 0 Å². The van der Waals surface area contributed by atoms with Gasteiger partial charge in [0.1, 0.15) is 17.7 Å². The normalized spacial score (nSPS) is 10.8. The van der Waals surface area contributed by atoms with Crippen molar-refractivity contribution in [3.8, 4) is 23.3 Å². The Hall–Kier alpha value is -3.73. The van der Waals surface area contributed by atoms with E-state index in [1.54, 1.807) is 6.07 Å². The molecule has 0 aromatic heterocycles. The molecule has 4 nitrogen and oxygen atoms in total. The second kappa shape index (κ2) is 6.53. The summed E-state index contributed by atoms with van der Waals surface area (Å²) in [5.74, 6) is 0. The molecule has 0 spiro atoms. The van der Waals surface area contributed by atoms with Crippen molar-refractivity contribution in [1.29, 1.82) is 10.5 Å². The third-order valence-electron chi connectivity index (χ3n) is 4.92. The second-order valence-corrected chi connectivity index (χ2v) is 6.36. The number of aliphatic hydroxyl groups excluding tert-OH is 1. The minimum atomic E-state index is -0.274. The van der Waals surface area contributed by atoms with E-state index < -0.39 is 0 Å². The van der Waals surface area contributed by atoms with E-state index in [9.17, 15) is 15.3 Å². The molecule has 0 atom stereocenters. The van der Waals surface area contributed by atoms with Crippen LogP contribution in [0.3, 0.4) is 0 Å². The fraction of sp³-hybridized carbons (Fsp3) is 0.0870. The smallest absolute Gasteiger partial charge is 0.196 e. The molecule has 1 N–H and O–H groups in total. The standard InChI is InChI=1S/C23H14N2O2/c24-12-16(13-25)21-19-9-8-17(15-6-4-14(5-7-15)10-11-26)18-2-1-3-20(22(18)19)23(21)27/h1-9,26H,10-11H2. The lowest BCUT2D eigenvalue weighted by atomic mass is 9.95. The molecule has 0 unspecified atom stereocenters. The second-order valence-electron chi connectivity index (χ2n) is 6.36. The Kier molecular flexibility index (Phi) is 4.05. The van der Waals surface area contributed by atoms with Gasteiger partial charge in [0.15, 0.2) is 5.43 Å². The van der Waals surface area contributed by atoms with Crippen molar-refractivity contribution >= 4 is 27.1 Å². The summed E-state index contributed by atoms with van der Waals surface area (Å²) in [6, 6.07) is 20.9. The molecule has 0 saturated carbocycles. The number of hydrogen-bond donors (Lipinski definition) is 1. The monoisotopic (exact) mass is 350 g/mol. The molecule has 0 aliphatic carbocycles. The first-order chi connectivity index (χ1) is 13.2. The lowest BCUT2D eigenvalue weighted by molar-refractivity contribution is 0.299. The fourth-order valence-electron chi connectivity index (χ4n) is 3.68. The predicted octanol–water partition coefficient (Wildman–Crippen LogP) is 2.91. The summed E-state index contributed by atoms with van der Waals surface area (Å²) in [6.45, 7) is 0.109. The van der Waals surface area contributed by atoms with Gasteiger partial charge in [-0.25, -0.2) is 0 Å². The van der Waals surface area contributed by atoms with Gasteiger partial charge >= 0.3 is 0 Å². The maximum atomic E-state index is 12.8. The number of benzene rings is 3. The first-order valence-electron chi connectivity index (χ1n) is 8.55. The average Bonchev–Trinajstić information content (AvgIpc) is 2.99. The van der Waals surface area contributed by atoms with Crippen molar-refractivity contribution in [2.24, 2.45) is 0 Å². The first-order valence-corrected chi connectivity index (χ1v) is 8.55. The summed E-state index contributed by atoms with van der Waals surface area (Å²) in [5.41, 5.74) is 2.62. The van der Waals surface area contributed by atoms with Crippen LogP contribution in [0.5, 0.6) is 0 Å². The lowest BCUT2D eigenvalue weighted by Crippen LogP contribution is -2.21. The summed E-state index contributed by atoms with van der Waals surface area (Å²) in [5, 5.41) is 30.6. The molecule has 0 heterocycles. The van der Waals surface area contributed by atoms with Crippen molar-refractivity contribution in [3.05, 3.63) is 75.6 Å². The van der Waals surface area contributed by atoms with Crippen molar-refractivity contribution in [2.45, 2.75) is 6.42 Å². The molecule has 27 heavy (non-hydrogen) atoms. The van der Waals surface area contributed by atoms with Crippen LogP contribution in [-0.4, -0.2) is 11.7 Å². The number of nitriles is 2. The summed E-state index contributed by atoms with van der Waals surface area (Å²) in [7, 11) is 0. The van der Waals surface area contributed by atoms with Gasteiger partial charge in [-0.2, -0.15) is 10.5 Å². The van der Waals surface area contributed by atoms with Crippen LogP contribution in [0.2, 0.25) is 0 Å². The molecular weight excluding hydrogens is 336 g/mol. The molecule has 4 aromatic rings. The predicted molar refractivity (Wildman–Crippen MR) is 105 cm³/mol. The van der Waals surface area contributed by atoms with E-state index in [1.165, 1.54) is 0 Å². The lowest BCUT2D eigenvalue weighted by Gasteiger charge is -2.08. The van der Waals surface area contributed by atoms with Crippen molar-refractivity contribution in [2.75, 3.05) is 6.61 Å². The van der Waals surface area contributed by atoms with Gasteiger partial charge in [-0.3, -0.25) is 4.79 Å². The van der Waals surface area contributed by atoms with Crippen LogP contribution in [0.25, 0.3) is 38.2 Å². The molecular formula is C23H14N2O2. The molecule has 4 rings (SSSR count). The third kappa shape index (κ3) is 2.52. The van der Waals surface area contributed by atoms with E-state index in [-0.39, 0.29) is 22.8 Å². The van der Waals surface area contributed by atoms with E-state index >= 15 is 0 Å². The van der Waals surface area contributed by atoms with Crippen LogP contribution in [-0.2, 0) is 6.42 Å². The van der Waals surface area contributed by atoms with Crippen LogP contribution < -0.4 is 10.6 Å². The number of rotatable bonds is 3. The Morgan fingerprint density at radius 3 is 2.26 bits per heavy atom. The summed E-state index contributed by atoms with van der Waals surface area (Å²) in [4.78, 5) is 12.8. The Bertz CT molecular complexity index is 1340. The molecule has 4 heteroatoms. The first kappa shape index (κ1) is 16.7. The van der Waals surface area contributed by atoms with Gasteiger partial charge in [0.05, 0.1) is 5.22 Å². The zero-order valence-electron chi connectivity index (χ0n) is 14.4. The molecule has 0 aliphatic rings. The topological polar surface area (TPSA) is 84.9 Å². The minimum absolute atomic E-state index is 0.109. The number of nitrogens with zero attached hydrogens (tertiary/aromatic N) is 2. The van der Waals surface area contributed by atoms with Crippen LogP contribution in [0.4, 0.5) is 0 Å². The number of hydrogen-bond acceptors (Lipinski definition) is 4. The molecule has 0 radical (unpaired) electrons. The largest absolute Gasteiger partial charge is 0.396 e. The molecule has 0 saturated heterocycles. The molecule has 128 valence electrons. The van der Waals surface area contributed by atoms with E-state index in [4.69, 9.17) is 5.11 Å². The van der Waals surface area contributed by atoms with Crippen LogP contribution in [0, 0.1) is 22.7 Å². The fourth-order valence-corrected chi connectivity index (χ4v) is 3.68. The highest BCUT2D eigenvalue weighted by molar-refractivity contribution is 6.17. The molecule has 0 amide bonds. The Balaban J connectivity index is 2.07. The van der Waals surface area contributed by atoms with Gasteiger partial charge in [0, 0.05) is 17.4 Å². The van der Waals surface area contributed by atoms with E-state index in [2.05, 4.69) is 0 Å². The Labute approximate surface area is 155 Å². The molecule has 0 fully saturated rings.